The third kappa shape index (κ3) is 4.79. The number of carbonyl (C=O) groups is 1. The SMILES string of the molecule is CCC(C(=O)[O-])S(C)(=O)=O.[Na+]. The van der Waals surface area contributed by atoms with Crippen LogP contribution in [0.5, 0.6) is 0 Å². The molecule has 0 bridgehead atoms. The molecule has 0 aliphatic rings. The zero-order chi connectivity index (χ0) is 8.36. The molecule has 11 heavy (non-hydrogen) atoms. The molecule has 1 unspecified atom stereocenters. The average molecular weight is 188 g/mol. The molecule has 0 saturated carbocycles. The molecule has 0 rings (SSSR count). The number of carbonyl (C=O) groups excluding carboxylic acids is 1. The van der Waals surface area contributed by atoms with Crippen molar-refractivity contribution in [2.24, 2.45) is 0 Å². The molecular weight excluding hydrogens is 179 g/mol. The van der Waals surface area contributed by atoms with Gasteiger partial charge in [0.25, 0.3) is 0 Å². The zero-order valence-corrected chi connectivity index (χ0v) is 9.64. The summed E-state index contributed by atoms with van der Waals surface area (Å²) in [4.78, 5) is 10.1. The van der Waals surface area contributed by atoms with Gasteiger partial charge in [-0.2, -0.15) is 0 Å². The van der Waals surface area contributed by atoms with Crippen molar-refractivity contribution in [2.75, 3.05) is 6.26 Å². The summed E-state index contributed by atoms with van der Waals surface area (Å²) in [6, 6.07) is 0. The van der Waals surface area contributed by atoms with E-state index in [1.807, 2.05) is 0 Å². The van der Waals surface area contributed by atoms with Crippen molar-refractivity contribution in [1.82, 2.24) is 0 Å². The van der Waals surface area contributed by atoms with Gasteiger partial charge < -0.3 is 9.90 Å². The normalized spacial score (nSPS) is 13.3. The molecule has 0 heterocycles. The van der Waals surface area contributed by atoms with E-state index in [0.717, 1.165) is 6.26 Å². The summed E-state index contributed by atoms with van der Waals surface area (Å²) in [7, 11) is -3.48. The summed E-state index contributed by atoms with van der Waals surface area (Å²) < 4.78 is 21.2. The van der Waals surface area contributed by atoms with Gasteiger partial charge in [0.1, 0.15) is 5.25 Å². The van der Waals surface area contributed by atoms with E-state index in [1.165, 1.54) is 6.92 Å². The molecule has 0 spiro atoms. The Morgan fingerprint density at radius 1 is 1.55 bits per heavy atom. The smallest absolute Gasteiger partial charge is 0.549 e. The second-order valence-corrected chi connectivity index (χ2v) is 4.27. The van der Waals surface area contributed by atoms with Crippen molar-refractivity contribution in [2.45, 2.75) is 18.6 Å². The fourth-order valence-corrected chi connectivity index (χ4v) is 1.60. The number of carboxylic acid groups (broad SMARTS) is 1. The van der Waals surface area contributed by atoms with Crippen molar-refractivity contribution in [3.8, 4) is 0 Å². The Labute approximate surface area is 88.2 Å². The van der Waals surface area contributed by atoms with Crippen LogP contribution in [-0.4, -0.2) is 25.9 Å². The predicted molar refractivity (Wildman–Crippen MR) is 33.9 cm³/mol. The molecule has 0 saturated heterocycles. The summed E-state index contributed by atoms with van der Waals surface area (Å²) in [5.41, 5.74) is 0. The molecular formula is C5H9NaO4S. The molecule has 0 aromatic carbocycles. The maximum Gasteiger partial charge on any atom is 1.00 e. The first-order valence-electron chi connectivity index (χ1n) is 2.79. The summed E-state index contributed by atoms with van der Waals surface area (Å²) in [6.07, 6.45) is 0.943. The standard InChI is InChI=1S/C5H10O4S.Na/c1-3-4(5(6)7)10(2,8)9;/h4H,3H2,1-2H3,(H,6,7);/q;+1/p-1. The van der Waals surface area contributed by atoms with E-state index in [0.29, 0.717) is 0 Å². The molecule has 1 atom stereocenters. The van der Waals surface area contributed by atoms with Crippen LogP contribution in [0.25, 0.3) is 0 Å². The molecule has 0 N–H and O–H groups in total. The number of sulfone groups is 1. The minimum absolute atomic E-state index is 0. The van der Waals surface area contributed by atoms with E-state index in [1.54, 1.807) is 0 Å². The minimum atomic E-state index is -3.48. The summed E-state index contributed by atoms with van der Waals surface area (Å²) in [5.74, 6) is -1.52. The Hall–Kier alpha value is 0.420. The van der Waals surface area contributed by atoms with Gasteiger partial charge in [-0.1, -0.05) is 6.92 Å². The van der Waals surface area contributed by atoms with Gasteiger partial charge in [0.2, 0.25) is 0 Å². The van der Waals surface area contributed by atoms with Crippen molar-refractivity contribution in [3.63, 3.8) is 0 Å². The van der Waals surface area contributed by atoms with E-state index in [9.17, 15) is 18.3 Å². The average Bonchev–Trinajstić information content (AvgIpc) is 1.60. The quantitative estimate of drug-likeness (QED) is 0.419. The molecule has 0 amide bonds. The molecule has 0 aliphatic heterocycles. The molecule has 0 aliphatic carbocycles. The molecule has 0 aromatic rings. The Kier molecular flexibility index (Phi) is 6.52. The number of rotatable bonds is 3. The van der Waals surface area contributed by atoms with Crippen LogP contribution in [0.4, 0.5) is 0 Å². The maximum absolute atomic E-state index is 10.6. The first-order valence-corrected chi connectivity index (χ1v) is 4.74. The van der Waals surface area contributed by atoms with Crippen LogP contribution < -0.4 is 34.7 Å². The van der Waals surface area contributed by atoms with Crippen LogP contribution in [0.15, 0.2) is 0 Å². The molecule has 60 valence electrons. The third-order valence-corrected chi connectivity index (χ3v) is 2.71. The van der Waals surface area contributed by atoms with Crippen LogP contribution in [-0.2, 0) is 14.6 Å². The third-order valence-electron chi connectivity index (χ3n) is 1.15. The van der Waals surface area contributed by atoms with Gasteiger partial charge in [-0.05, 0) is 6.42 Å². The van der Waals surface area contributed by atoms with E-state index in [-0.39, 0.29) is 36.0 Å². The fraction of sp³-hybridized carbons (Fsp3) is 0.800. The zero-order valence-electron chi connectivity index (χ0n) is 6.83. The summed E-state index contributed by atoms with van der Waals surface area (Å²) in [5, 5.41) is 8.73. The van der Waals surface area contributed by atoms with Gasteiger partial charge in [0.05, 0.1) is 5.97 Å². The van der Waals surface area contributed by atoms with Crippen molar-refractivity contribution in [3.05, 3.63) is 0 Å². The minimum Gasteiger partial charge on any atom is -0.549 e. The first-order chi connectivity index (χ1) is 4.39. The second kappa shape index (κ2) is 5.13. The number of hydrogen-bond donors (Lipinski definition) is 0. The van der Waals surface area contributed by atoms with Gasteiger partial charge in [-0.15, -0.1) is 0 Å². The monoisotopic (exact) mass is 188 g/mol. The largest absolute Gasteiger partial charge is 1.00 e. The van der Waals surface area contributed by atoms with Crippen LogP contribution in [0, 0.1) is 0 Å². The Balaban J connectivity index is 0. The van der Waals surface area contributed by atoms with Crippen LogP contribution >= 0.6 is 0 Å². The Bertz CT molecular complexity index is 221. The number of hydrogen-bond acceptors (Lipinski definition) is 4. The van der Waals surface area contributed by atoms with Crippen molar-refractivity contribution in [1.29, 1.82) is 0 Å². The maximum atomic E-state index is 10.6. The second-order valence-electron chi connectivity index (χ2n) is 2.05. The van der Waals surface area contributed by atoms with Gasteiger partial charge in [0.15, 0.2) is 9.84 Å². The molecule has 0 aromatic heterocycles. The van der Waals surface area contributed by atoms with Crippen molar-refractivity contribution >= 4 is 15.8 Å². The van der Waals surface area contributed by atoms with Crippen LogP contribution in [0.3, 0.4) is 0 Å². The van der Waals surface area contributed by atoms with Gasteiger partial charge in [-0.3, -0.25) is 0 Å². The Morgan fingerprint density at radius 3 is 1.91 bits per heavy atom. The van der Waals surface area contributed by atoms with Crippen LogP contribution in [0.2, 0.25) is 0 Å². The van der Waals surface area contributed by atoms with Crippen LogP contribution in [0.1, 0.15) is 13.3 Å². The van der Waals surface area contributed by atoms with Crippen molar-refractivity contribution < 1.29 is 47.9 Å². The first kappa shape index (κ1) is 14.0. The topological polar surface area (TPSA) is 74.3 Å². The molecule has 0 radical (unpaired) electrons. The van der Waals surface area contributed by atoms with E-state index in [4.69, 9.17) is 0 Å². The summed E-state index contributed by atoms with van der Waals surface area (Å²) in [6.45, 7) is 1.49. The molecule has 6 heteroatoms. The van der Waals surface area contributed by atoms with Gasteiger partial charge >= 0.3 is 29.6 Å². The summed E-state index contributed by atoms with van der Waals surface area (Å²) >= 11 is 0. The number of aliphatic carboxylic acids is 1. The number of carboxylic acids is 1. The van der Waals surface area contributed by atoms with Gasteiger partial charge in [-0.25, -0.2) is 8.42 Å². The van der Waals surface area contributed by atoms with E-state index < -0.39 is 21.1 Å². The molecule has 0 fully saturated rings. The Morgan fingerprint density at radius 2 is 1.91 bits per heavy atom. The van der Waals surface area contributed by atoms with E-state index in [2.05, 4.69) is 0 Å². The fourth-order valence-electron chi connectivity index (χ4n) is 0.644. The van der Waals surface area contributed by atoms with Gasteiger partial charge in [0, 0.05) is 6.26 Å². The molecule has 4 nitrogen and oxygen atoms in total. The van der Waals surface area contributed by atoms with E-state index >= 15 is 0 Å². The predicted octanol–water partition coefficient (Wildman–Crippen LogP) is -4.44.